The second-order valence-electron chi connectivity index (χ2n) is 5.39. The Balaban J connectivity index is 2.17. The minimum absolute atomic E-state index is 0.0232. The number of methoxy groups -OCH3 is 1. The lowest BCUT2D eigenvalue weighted by atomic mass is 9.97. The Labute approximate surface area is 140 Å². The molecule has 0 amide bonds. The summed E-state index contributed by atoms with van der Waals surface area (Å²) in [4.78, 5) is 15.0. The van der Waals surface area contributed by atoms with Gasteiger partial charge in [-0.3, -0.25) is 4.79 Å². The van der Waals surface area contributed by atoms with Gasteiger partial charge in [-0.2, -0.15) is 0 Å². The zero-order chi connectivity index (χ0) is 16.8. The molecule has 3 N–H and O–H groups in total. The smallest absolute Gasteiger partial charge is 0.266 e. The molecule has 0 aliphatic heterocycles. The van der Waals surface area contributed by atoms with Gasteiger partial charge in [-0.1, -0.05) is 6.07 Å². The monoisotopic (exact) mass is 339 g/mol. The summed E-state index contributed by atoms with van der Waals surface area (Å²) in [6, 6.07) is 9.99. The molecule has 120 valence electrons. The first-order chi connectivity index (χ1) is 11.6. The molecule has 2 aromatic heterocycles. The van der Waals surface area contributed by atoms with Crippen molar-refractivity contribution in [1.29, 1.82) is 0 Å². The fraction of sp³-hybridized carbons (Fsp3) is 0.0556. The van der Waals surface area contributed by atoms with Gasteiger partial charge in [-0.05, 0) is 41.3 Å². The molecule has 0 saturated heterocycles. The van der Waals surface area contributed by atoms with Gasteiger partial charge in [0.05, 0.1) is 7.11 Å². The summed E-state index contributed by atoms with van der Waals surface area (Å²) in [6.45, 7) is 0. The van der Waals surface area contributed by atoms with E-state index < -0.39 is 0 Å². The number of benzene rings is 2. The lowest BCUT2D eigenvalue weighted by molar-refractivity contribution is 0.373. The highest BCUT2D eigenvalue weighted by atomic mass is 32.1. The third-order valence-corrected chi connectivity index (χ3v) is 4.95. The molecule has 0 radical (unpaired) electrons. The van der Waals surface area contributed by atoms with Gasteiger partial charge in [0.15, 0.2) is 11.5 Å². The average molecular weight is 339 g/mol. The summed E-state index contributed by atoms with van der Waals surface area (Å²) in [5, 5.41) is 23.7. The van der Waals surface area contributed by atoms with E-state index in [0.29, 0.717) is 27.1 Å². The van der Waals surface area contributed by atoms with Crippen LogP contribution in [0, 0.1) is 0 Å². The van der Waals surface area contributed by atoms with Gasteiger partial charge in [0.1, 0.15) is 10.4 Å². The quantitative estimate of drug-likeness (QED) is 0.518. The topological polar surface area (TPSA) is 82.5 Å². The summed E-state index contributed by atoms with van der Waals surface area (Å²) < 4.78 is 5.77. The molecule has 0 atom stereocenters. The van der Waals surface area contributed by atoms with Gasteiger partial charge in [0.2, 0.25) is 0 Å². The van der Waals surface area contributed by atoms with Gasteiger partial charge in [0.25, 0.3) is 5.56 Å². The first kappa shape index (κ1) is 14.6. The van der Waals surface area contributed by atoms with E-state index in [1.165, 1.54) is 24.5 Å². The van der Waals surface area contributed by atoms with Crippen molar-refractivity contribution >= 4 is 32.3 Å². The van der Waals surface area contributed by atoms with Crippen LogP contribution in [0.25, 0.3) is 32.1 Å². The van der Waals surface area contributed by atoms with Crippen LogP contribution in [0.5, 0.6) is 17.2 Å². The number of phenolic OH excluding ortho intramolecular Hbond substituents is 2. The number of H-pyrrole nitrogens is 1. The molecule has 0 spiro atoms. The van der Waals surface area contributed by atoms with Crippen molar-refractivity contribution in [3.8, 4) is 28.4 Å². The normalized spacial score (nSPS) is 11.2. The summed E-state index contributed by atoms with van der Waals surface area (Å²) in [7, 11) is 1.47. The summed E-state index contributed by atoms with van der Waals surface area (Å²) >= 11 is 1.36. The largest absolute Gasteiger partial charge is 0.507 e. The van der Waals surface area contributed by atoms with Gasteiger partial charge in [-0.25, -0.2) is 0 Å². The van der Waals surface area contributed by atoms with Crippen molar-refractivity contribution < 1.29 is 14.9 Å². The number of rotatable bonds is 2. The minimum atomic E-state index is -0.146. The highest BCUT2D eigenvalue weighted by Crippen LogP contribution is 2.41. The van der Waals surface area contributed by atoms with E-state index in [4.69, 9.17) is 4.74 Å². The molecular weight excluding hydrogens is 326 g/mol. The molecule has 0 aliphatic carbocycles. The van der Waals surface area contributed by atoms with E-state index in [0.717, 1.165) is 10.8 Å². The Morgan fingerprint density at radius 1 is 1.08 bits per heavy atom. The molecular formula is C18H13NO4S. The zero-order valence-corrected chi connectivity index (χ0v) is 13.5. The number of pyridine rings is 1. The van der Waals surface area contributed by atoms with Crippen molar-refractivity contribution in [3.63, 3.8) is 0 Å². The molecule has 4 rings (SSSR count). The Morgan fingerprint density at radius 2 is 1.88 bits per heavy atom. The molecule has 24 heavy (non-hydrogen) atoms. The average Bonchev–Trinajstić information content (AvgIpc) is 3.07. The number of phenols is 2. The van der Waals surface area contributed by atoms with Gasteiger partial charge in [-0.15, -0.1) is 11.3 Å². The third kappa shape index (κ3) is 2.04. The Hall–Kier alpha value is -2.99. The zero-order valence-electron chi connectivity index (χ0n) is 12.7. The number of fused-ring (bicyclic) bond motifs is 3. The number of hydrogen-bond donors (Lipinski definition) is 3. The molecule has 6 heteroatoms. The van der Waals surface area contributed by atoms with E-state index >= 15 is 0 Å². The predicted molar refractivity (Wildman–Crippen MR) is 95.3 cm³/mol. The van der Waals surface area contributed by atoms with E-state index in [-0.39, 0.29) is 17.1 Å². The van der Waals surface area contributed by atoms with Crippen LogP contribution in [-0.4, -0.2) is 22.3 Å². The van der Waals surface area contributed by atoms with Crippen LogP contribution in [-0.2, 0) is 0 Å². The SMILES string of the molecule is COc1cc(-c2c(O)ccc3[nH]c(=O)c4sccc4c23)ccc1O. The van der Waals surface area contributed by atoms with Crippen LogP contribution in [0.3, 0.4) is 0 Å². The molecule has 2 aromatic carbocycles. The van der Waals surface area contributed by atoms with Crippen LogP contribution in [0.15, 0.2) is 46.6 Å². The van der Waals surface area contributed by atoms with Crippen molar-refractivity contribution in [1.82, 2.24) is 4.98 Å². The van der Waals surface area contributed by atoms with Crippen molar-refractivity contribution in [3.05, 3.63) is 52.1 Å². The fourth-order valence-electron chi connectivity index (χ4n) is 2.96. The van der Waals surface area contributed by atoms with E-state index in [2.05, 4.69) is 4.98 Å². The molecule has 0 unspecified atom stereocenters. The van der Waals surface area contributed by atoms with Crippen molar-refractivity contribution in [2.45, 2.75) is 0 Å². The number of hydrogen-bond acceptors (Lipinski definition) is 5. The first-order valence-electron chi connectivity index (χ1n) is 7.22. The number of ether oxygens (including phenoxy) is 1. The first-order valence-corrected chi connectivity index (χ1v) is 8.10. The molecule has 2 heterocycles. The van der Waals surface area contributed by atoms with Crippen LogP contribution >= 0.6 is 11.3 Å². The molecule has 0 aliphatic rings. The maximum atomic E-state index is 12.2. The number of aromatic amines is 1. The van der Waals surface area contributed by atoms with Gasteiger partial charge in [0, 0.05) is 21.9 Å². The second-order valence-corrected chi connectivity index (χ2v) is 6.30. The predicted octanol–water partition coefficient (Wildman–Crippen LogP) is 3.83. The lowest BCUT2D eigenvalue weighted by Crippen LogP contribution is -2.04. The molecule has 4 aromatic rings. The van der Waals surface area contributed by atoms with Crippen LogP contribution in [0.2, 0.25) is 0 Å². The molecule has 0 fully saturated rings. The number of aromatic nitrogens is 1. The van der Waals surface area contributed by atoms with Crippen LogP contribution in [0.1, 0.15) is 0 Å². The fourth-order valence-corrected chi connectivity index (χ4v) is 3.76. The van der Waals surface area contributed by atoms with E-state index in [1.54, 1.807) is 24.3 Å². The second kappa shape index (κ2) is 5.28. The molecule has 0 bridgehead atoms. The van der Waals surface area contributed by atoms with Crippen molar-refractivity contribution in [2.24, 2.45) is 0 Å². The summed E-state index contributed by atoms with van der Waals surface area (Å²) in [5.74, 6) is 0.430. The minimum Gasteiger partial charge on any atom is -0.507 e. The lowest BCUT2D eigenvalue weighted by Gasteiger charge is -2.12. The van der Waals surface area contributed by atoms with E-state index in [9.17, 15) is 15.0 Å². The van der Waals surface area contributed by atoms with Crippen LogP contribution < -0.4 is 10.3 Å². The maximum Gasteiger partial charge on any atom is 0.266 e. The molecule has 0 saturated carbocycles. The van der Waals surface area contributed by atoms with Gasteiger partial charge >= 0.3 is 0 Å². The highest BCUT2D eigenvalue weighted by molar-refractivity contribution is 7.17. The molecule has 5 nitrogen and oxygen atoms in total. The number of thiophene rings is 1. The van der Waals surface area contributed by atoms with Crippen molar-refractivity contribution in [2.75, 3.05) is 7.11 Å². The number of aromatic hydroxyl groups is 2. The number of nitrogens with one attached hydrogen (secondary N) is 1. The van der Waals surface area contributed by atoms with Gasteiger partial charge < -0.3 is 19.9 Å². The Bertz CT molecular complexity index is 1140. The van der Waals surface area contributed by atoms with E-state index in [1.807, 2.05) is 11.4 Å². The Kier molecular flexibility index (Phi) is 3.21. The Morgan fingerprint density at radius 3 is 2.67 bits per heavy atom. The summed E-state index contributed by atoms with van der Waals surface area (Å²) in [6.07, 6.45) is 0. The standard InChI is InChI=1S/C18H13NO4S/c1-23-14-8-9(2-4-12(14)20)15-13(21)5-3-11-16(15)10-6-7-24-17(10)18(22)19-11/h2-8,20-21H,1H3,(H,19,22). The summed E-state index contributed by atoms with van der Waals surface area (Å²) in [5.41, 5.74) is 1.77. The third-order valence-electron chi connectivity index (χ3n) is 4.04. The van der Waals surface area contributed by atoms with Crippen LogP contribution in [0.4, 0.5) is 0 Å². The highest BCUT2D eigenvalue weighted by Gasteiger charge is 2.16. The maximum absolute atomic E-state index is 12.2.